The predicted octanol–water partition coefficient (Wildman–Crippen LogP) is 4.94. The minimum absolute atomic E-state index is 0.187. The number of hydrogen-bond acceptors (Lipinski definition) is 5. The summed E-state index contributed by atoms with van der Waals surface area (Å²) in [5.41, 5.74) is 0.982. The van der Waals surface area contributed by atoms with Crippen LogP contribution >= 0.6 is 0 Å². The first kappa shape index (κ1) is 29.3. The van der Waals surface area contributed by atoms with Crippen molar-refractivity contribution in [2.45, 2.75) is 31.5 Å². The van der Waals surface area contributed by atoms with Gasteiger partial charge in [0.05, 0.1) is 16.9 Å². The SMILES string of the molecule is CCN1C(=O)[C@@H](NC(=O)c2cccc(C(F)(F)F)c2)[C@@H](c2ccc(F)cc2)c2c(CCNC#N)nn(-c3ccccc3)c21. The number of carbonyl (C=O) groups is 2. The van der Waals surface area contributed by atoms with Crippen molar-refractivity contribution in [3.63, 3.8) is 0 Å². The number of hydrogen-bond donors (Lipinski definition) is 2. The number of halogens is 4. The molecule has 2 N–H and O–H groups in total. The summed E-state index contributed by atoms with van der Waals surface area (Å²) in [4.78, 5) is 29.1. The van der Waals surface area contributed by atoms with Crippen LogP contribution in [0.25, 0.3) is 5.69 Å². The molecule has 4 aromatic rings. The van der Waals surface area contributed by atoms with Gasteiger partial charge in [-0.15, -0.1) is 0 Å². The van der Waals surface area contributed by atoms with E-state index in [1.54, 1.807) is 11.6 Å². The van der Waals surface area contributed by atoms with E-state index in [0.29, 0.717) is 28.3 Å². The summed E-state index contributed by atoms with van der Waals surface area (Å²) in [5.74, 6) is -2.33. The van der Waals surface area contributed by atoms with Gasteiger partial charge in [0.25, 0.3) is 11.8 Å². The molecule has 8 nitrogen and oxygen atoms in total. The van der Waals surface area contributed by atoms with Gasteiger partial charge in [0.1, 0.15) is 17.7 Å². The molecule has 220 valence electrons. The topological polar surface area (TPSA) is 103 Å². The summed E-state index contributed by atoms with van der Waals surface area (Å²) in [5, 5.41) is 19.2. The second-order valence-corrected chi connectivity index (χ2v) is 9.86. The van der Waals surface area contributed by atoms with Crippen molar-refractivity contribution in [3.05, 3.63) is 113 Å². The van der Waals surface area contributed by atoms with Gasteiger partial charge in [0.2, 0.25) is 0 Å². The van der Waals surface area contributed by atoms with Crippen LogP contribution in [0.15, 0.2) is 78.9 Å². The van der Waals surface area contributed by atoms with Crippen molar-refractivity contribution in [1.82, 2.24) is 20.4 Å². The zero-order valence-electron chi connectivity index (χ0n) is 22.9. The van der Waals surface area contributed by atoms with Gasteiger partial charge in [-0.25, -0.2) is 9.07 Å². The van der Waals surface area contributed by atoms with Gasteiger partial charge in [-0.05, 0) is 55.0 Å². The maximum Gasteiger partial charge on any atom is 0.416 e. The molecule has 1 aromatic heterocycles. The number of nitriles is 1. The minimum atomic E-state index is -4.67. The molecular formula is C31H26F4N6O2. The minimum Gasteiger partial charge on any atom is -0.339 e. The van der Waals surface area contributed by atoms with Crippen LogP contribution in [0, 0.1) is 17.3 Å². The number of alkyl halides is 3. The standard InChI is InChI=1S/C31H26F4N6O2/c1-2-40-29-26(24(15-16-37-18-36)39-41(29)23-9-4-3-5-10-23)25(19-11-13-22(32)14-12-19)27(30(40)43)38-28(42)20-7-6-8-21(17-20)31(33,34)35/h3-14,17,25,27,37H,2,15-16H2,1H3,(H,38,42)/t25-,27-/m0/s1. The fraction of sp³-hybridized carbons (Fsp3) is 0.226. The Balaban J connectivity index is 1.69. The van der Waals surface area contributed by atoms with Crippen LogP contribution in [0.3, 0.4) is 0 Å². The summed E-state index contributed by atoms with van der Waals surface area (Å²) < 4.78 is 55.8. The van der Waals surface area contributed by atoms with E-state index in [0.717, 1.165) is 18.2 Å². The number of aromatic nitrogens is 2. The van der Waals surface area contributed by atoms with Crippen molar-refractivity contribution in [2.75, 3.05) is 18.0 Å². The molecule has 0 saturated carbocycles. The molecule has 0 fully saturated rings. The van der Waals surface area contributed by atoms with Gasteiger partial charge in [-0.3, -0.25) is 14.5 Å². The molecule has 43 heavy (non-hydrogen) atoms. The van der Waals surface area contributed by atoms with E-state index in [1.165, 1.54) is 35.2 Å². The number of carbonyl (C=O) groups excluding carboxylic acids is 2. The van der Waals surface area contributed by atoms with Crippen LogP contribution < -0.4 is 15.5 Å². The molecule has 5 rings (SSSR count). The predicted molar refractivity (Wildman–Crippen MR) is 150 cm³/mol. The third-order valence-corrected chi connectivity index (χ3v) is 7.26. The van der Waals surface area contributed by atoms with Crippen LogP contribution in [0.5, 0.6) is 0 Å². The molecule has 2 amide bonds. The Bertz CT molecular complexity index is 1680. The Morgan fingerprint density at radius 1 is 1.05 bits per heavy atom. The first-order chi connectivity index (χ1) is 20.6. The van der Waals surface area contributed by atoms with Crippen molar-refractivity contribution in [1.29, 1.82) is 5.26 Å². The summed E-state index contributed by atoms with van der Waals surface area (Å²) in [6, 6.07) is 17.2. The smallest absolute Gasteiger partial charge is 0.339 e. The van der Waals surface area contributed by atoms with Gasteiger partial charge in [0, 0.05) is 36.6 Å². The van der Waals surface area contributed by atoms with Crippen LogP contribution in [0.1, 0.15) is 45.6 Å². The van der Waals surface area contributed by atoms with Gasteiger partial charge < -0.3 is 10.6 Å². The summed E-state index contributed by atoms with van der Waals surface area (Å²) in [6.45, 7) is 2.17. The molecule has 0 aliphatic carbocycles. The molecule has 2 heterocycles. The lowest BCUT2D eigenvalue weighted by Gasteiger charge is -2.38. The normalized spacial score (nSPS) is 16.4. The first-order valence-electron chi connectivity index (χ1n) is 13.5. The molecule has 0 bridgehead atoms. The Morgan fingerprint density at radius 2 is 1.77 bits per heavy atom. The molecule has 1 aliphatic rings. The van der Waals surface area contributed by atoms with Crippen molar-refractivity contribution >= 4 is 17.6 Å². The number of fused-ring (bicyclic) bond motifs is 1. The Hall–Kier alpha value is -5.18. The Labute approximate surface area is 244 Å². The number of para-hydroxylation sites is 1. The molecule has 2 atom stereocenters. The van der Waals surface area contributed by atoms with E-state index in [-0.39, 0.29) is 25.1 Å². The number of rotatable bonds is 8. The van der Waals surface area contributed by atoms with Crippen molar-refractivity contribution < 1.29 is 27.2 Å². The average molecular weight is 591 g/mol. The number of nitrogens with one attached hydrogen (secondary N) is 2. The maximum absolute atomic E-state index is 14.2. The van der Waals surface area contributed by atoms with Crippen LogP contribution in [-0.2, 0) is 17.4 Å². The highest BCUT2D eigenvalue weighted by molar-refractivity contribution is 6.05. The van der Waals surface area contributed by atoms with Crippen LogP contribution in [0.2, 0.25) is 0 Å². The lowest BCUT2D eigenvalue weighted by molar-refractivity contribution is -0.137. The quantitative estimate of drug-likeness (QED) is 0.131. The van der Waals surface area contributed by atoms with E-state index >= 15 is 0 Å². The number of amides is 2. The monoisotopic (exact) mass is 590 g/mol. The third kappa shape index (κ3) is 5.79. The highest BCUT2D eigenvalue weighted by Gasteiger charge is 2.46. The van der Waals surface area contributed by atoms with E-state index in [2.05, 4.69) is 10.6 Å². The second kappa shape index (κ2) is 12.0. The molecule has 0 saturated heterocycles. The number of nitrogens with zero attached hydrogens (tertiary/aromatic N) is 4. The second-order valence-electron chi connectivity index (χ2n) is 9.86. The van der Waals surface area contributed by atoms with Crippen molar-refractivity contribution in [3.8, 4) is 11.9 Å². The molecule has 12 heteroatoms. The first-order valence-corrected chi connectivity index (χ1v) is 13.5. The molecular weight excluding hydrogens is 564 g/mol. The molecule has 3 aromatic carbocycles. The van der Waals surface area contributed by atoms with Crippen molar-refractivity contribution in [2.24, 2.45) is 0 Å². The Kier molecular flexibility index (Phi) is 8.16. The van der Waals surface area contributed by atoms with Crippen LogP contribution in [-0.4, -0.2) is 40.7 Å². The van der Waals surface area contributed by atoms with E-state index < -0.39 is 41.3 Å². The Morgan fingerprint density at radius 3 is 2.42 bits per heavy atom. The summed E-state index contributed by atoms with van der Waals surface area (Å²) in [7, 11) is 0. The fourth-order valence-corrected chi connectivity index (χ4v) is 5.34. The summed E-state index contributed by atoms with van der Waals surface area (Å²) in [6.07, 6.45) is -2.52. The number of likely N-dealkylation sites (N-methyl/N-ethyl adjacent to an activating group) is 1. The maximum atomic E-state index is 14.2. The molecule has 0 unspecified atom stereocenters. The zero-order valence-corrected chi connectivity index (χ0v) is 22.9. The fourth-order valence-electron chi connectivity index (χ4n) is 5.34. The largest absolute Gasteiger partial charge is 0.416 e. The van der Waals surface area contributed by atoms with Gasteiger partial charge in [0.15, 0.2) is 6.19 Å². The van der Waals surface area contributed by atoms with Crippen LogP contribution in [0.4, 0.5) is 23.4 Å². The molecule has 0 radical (unpaired) electrons. The van der Waals surface area contributed by atoms with Gasteiger partial charge in [-0.1, -0.05) is 36.4 Å². The lowest BCUT2D eigenvalue weighted by atomic mass is 9.80. The molecule has 1 aliphatic heterocycles. The average Bonchev–Trinajstić information content (AvgIpc) is 3.37. The number of anilines is 1. The highest BCUT2D eigenvalue weighted by Crippen LogP contribution is 2.44. The van der Waals surface area contributed by atoms with E-state index in [9.17, 15) is 27.2 Å². The highest BCUT2D eigenvalue weighted by atomic mass is 19.4. The number of benzene rings is 3. The van der Waals surface area contributed by atoms with E-state index in [4.69, 9.17) is 10.4 Å². The van der Waals surface area contributed by atoms with Gasteiger partial charge >= 0.3 is 6.18 Å². The van der Waals surface area contributed by atoms with Gasteiger partial charge in [-0.2, -0.15) is 23.5 Å². The zero-order chi connectivity index (χ0) is 30.7. The van der Waals surface area contributed by atoms with E-state index in [1.807, 2.05) is 36.5 Å². The third-order valence-electron chi connectivity index (χ3n) is 7.26. The molecule has 0 spiro atoms. The lowest BCUT2D eigenvalue weighted by Crippen LogP contribution is -2.55. The summed E-state index contributed by atoms with van der Waals surface area (Å²) >= 11 is 0.